The van der Waals surface area contributed by atoms with Crippen LogP contribution in [0.1, 0.15) is 11.1 Å². The molecule has 0 atom stereocenters. The Morgan fingerprint density at radius 1 is 1.04 bits per heavy atom. The van der Waals surface area contributed by atoms with Gasteiger partial charge in [0.05, 0.1) is 20.1 Å². The number of carbonyl (C=O) groups is 1. The maximum absolute atomic E-state index is 12.2. The first kappa shape index (κ1) is 18.2. The standard InChI is InChI=1S/C17H13Cl4NO/c1-22(10-12-3-2-4-14(19)17(12)21)16(23)8-6-11-5-7-13(18)15(20)9-11/h2-9H,10H2,1H3. The summed E-state index contributed by atoms with van der Waals surface area (Å²) in [5.74, 6) is -0.160. The predicted molar refractivity (Wildman–Crippen MR) is 98.4 cm³/mol. The molecule has 23 heavy (non-hydrogen) atoms. The van der Waals surface area contributed by atoms with Gasteiger partial charge in [0.15, 0.2) is 0 Å². The molecule has 2 nitrogen and oxygen atoms in total. The molecule has 2 rings (SSSR count). The van der Waals surface area contributed by atoms with E-state index in [0.717, 1.165) is 11.1 Å². The number of likely N-dealkylation sites (N-methyl/N-ethyl adjacent to an activating group) is 1. The van der Waals surface area contributed by atoms with Gasteiger partial charge in [0, 0.05) is 19.7 Å². The van der Waals surface area contributed by atoms with E-state index < -0.39 is 0 Å². The Labute approximate surface area is 155 Å². The van der Waals surface area contributed by atoms with E-state index in [-0.39, 0.29) is 5.91 Å². The number of halogens is 4. The molecule has 6 heteroatoms. The van der Waals surface area contributed by atoms with Gasteiger partial charge in [-0.3, -0.25) is 4.79 Å². The molecule has 0 N–H and O–H groups in total. The van der Waals surface area contributed by atoms with Crippen molar-refractivity contribution < 1.29 is 4.79 Å². The Kier molecular flexibility index (Phi) is 6.37. The Morgan fingerprint density at radius 2 is 1.78 bits per heavy atom. The van der Waals surface area contributed by atoms with Gasteiger partial charge in [-0.05, 0) is 35.4 Å². The topological polar surface area (TPSA) is 20.3 Å². The molecule has 0 unspecified atom stereocenters. The lowest BCUT2D eigenvalue weighted by molar-refractivity contribution is -0.125. The normalized spacial score (nSPS) is 11.0. The van der Waals surface area contributed by atoms with E-state index in [9.17, 15) is 4.79 Å². The summed E-state index contributed by atoms with van der Waals surface area (Å²) in [6, 6.07) is 10.5. The number of rotatable bonds is 4. The van der Waals surface area contributed by atoms with Crippen LogP contribution in [-0.2, 0) is 11.3 Å². The molecular formula is C17H13Cl4NO. The molecule has 0 heterocycles. The molecular weight excluding hydrogens is 376 g/mol. The quantitative estimate of drug-likeness (QED) is 0.590. The summed E-state index contributed by atoms with van der Waals surface area (Å²) >= 11 is 23.9. The van der Waals surface area contributed by atoms with Crippen LogP contribution in [0.2, 0.25) is 20.1 Å². The molecule has 1 amide bonds. The summed E-state index contributed by atoms with van der Waals surface area (Å²) in [5.41, 5.74) is 1.58. The Bertz CT molecular complexity index is 758. The van der Waals surface area contributed by atoms with Crippen LogP contribution in [0, 0.1) is 0 Å². The van der Waals surface area contributed by atoms with Crippen LogP contribution in [0.3, 0.4) is 0 Å². The van der Waals surface area contributed by atoms with Crippen molar-refractivity contribution in [2.24, 2.45) is 0 Å². The van der Waals surface area contributed by atoms with Gasteiger partial charge in [-0.1, -0.05) is 64.6 Å². The SMILES string of the molecule is CN(Cc1cccc(Cl)c1Cl)C(=O)C=Cc1ccc(Cl)c(Cl)c1. The van der Waals surface area contributed by atoms with E-state index in [1.165, 1.54) is 6.08 Å². The number of hydrogen-bond donors (Lipinski definition) is 0. The molecule has 0 spiro atoms. The molecule has 120 valence electrons. The number of benzene rings is 2. The minimum atomic E-state index is -0.160. The monoisotopic (exact) mass is 387 g/mol. The highest BCUT2D eigenvalue weighted by Crippen LogP contribution is 2.26. The van der Waals surface area contributed by atoms with Gasteiger partial charge < -0.3 is 4.90 Å². The van der Waals surface area contributed by atoms with Crippen molar-refractivity contribution in [2.75, 3.05) is 7.05 Å². The van der Waals surface area contributed by atoms with Crippen LogP contribution in [0.25, 0.3) is 6.08 Å². The number of carbonyl (C=O) groups excluding carboxylic acids is 1. The van der Waals surface area contributed by atoms with Crippen LogP contribution in [0.4, 0.5) is 0 Å². The second kappa shape index (κ2) is 8.07. The third kappa shape index (κ3) is 4.89. The van der Waals surface area contributed by atoms with Gasteiger partial charge in [0.2, 0.25) is 5.91 Å². The first-order valence-electron chi connectivity index (χ1n) is 6.69. The molecule has 2 aromatic carbocycles. The lowest BCUT2D eigenvalue weighted by atomic mass is 10.2. The summed E-state index contributed by atoms with van der Waals surface area (Å²) in [5, 5.41) is 1.85. The smallest absolute Gasteiger partial charge is 0.246 e. The van der Waals surface area contributed by atoms with Crippen molar-refractivity contribution in [3.8, 4) is 0 Å². The fraction of sp³-hybridized carbons (Fsp3) is 0.118. The van der Waals surface area contributed by atoms with Gasteiger partial charge in [-0.2, -0.15) is 0 Å². The zero-order chi connectivity index (χ0) is 17.0. The average Bonchev–Trinajstić information content (AvgIpc) is 2.52. The Morgan fingerprint density at radius 3 is 2.48 bits per heavy atom. The summed E-state index contributed by atoms with van der Waals surface area (Å²) in [6.07, 6.45) is 3.15. The summed E-state index contributed by atoms with van der Waals surface area (Å²) < 4.78 is 0. The molecule has 0 saturated heterocycles. The lowest BCUT2D eigenvalue weighted by Gasteiger charge is -2.16. The van der Waals surface area contributed by atoms with E-state index in [2.05, 4.69) is 0 Å². The molecule has 0 radical (unpaired) electrons. The largest absolute Gasteiger partial charge is 0.338 e. The highest BCUT2D eigenvalue weighted by atomic mass is 35.5. The summed E-state index contributed by atoms with van der Waals surface area (Å²) in [6.45, 7) is 0.365. The van der Waals surface area contributed by atoms with E-state index >= 15 is 0 Å². The Balaban J connectivity index is 2.06. The van der Waals surface area contributed by atoms with E-state index in [4.69, 9.17) is 46.4 Å². The lowest BCUT2D eigenvalue weighted by Crippen LogP contribution is -2.24. The minimum absolute atomic E-state index is 0.160. The van der Waals surface area contributed by atoms with Crippen LogP contribution in [0.15, 0.2) is 42.5 Å². The maximum Gasteiger partial charge on any atom is 0.246 e. The maximum atomic E-state index is 12.2. The summed E-state index contributed by atoms with van der Waals surface area (Å²) in [7, 11) is 1.69. The van der Waals surface area contributed by atoms with Crippen molar-refractivity contribution in [1.29, 1.82) is 0 Å². The average molecular weight is 389 g/mol. The number of amides is 1. The molecule has 0 aliphatic heterocycles. The van der Waals surface area contributed by atoms with E-state index in [0.29, 0.717) is 26.6 Å². The van der Waals surface area contributed by atoms with Gasteiger partial charge in [0.1, 0.15) is 0 Å². The van der Waals surface area contributed by atoms with Crippen LogP contribution < -0.4 is 0 Å². The highest BCUT2D eigenvalue weighted by Gasteiger charge is 2.10. The Hall–Kier alpha value is -1.19. The third-order valence-corrected chi connectivity index (χ3v) is 4.77. The van der Waals surface area contributed by atoms with E-state index in [1.54, 1.807) is 48.4 Å². The van der Waals surface area contributed by atoms with Gasteiger partial charge in [-0.25, -0.2) is 0 Å². The molecule has 0 aliphatic rings. The van der Waals surface area contributed by atoms with Crippen molar-refractivity contribution in [3.63, 3.8) is 0 Å². The molecule has 2 aromatic rings. The second-order valence-electron chi connectivity index (χ2n) is 4.91. The molecule has 0 aliphatic carbocycles. The van der Waals surface area contributed by atoms with Crippen molar-refractivity contribution in [2.45, 2.75) is 6.54 Å². The highest BCUT2D eigenvalue weighted by molar-refractivity contribution is 6.42. The molecule has 0 aromatic heterocycles. The van der Waals surface area contributed by atoms with Gasteiger partial charge in [0.25, 0.3) is 0 Å². The molecule has 0 fully saturated rings. The minimum Gasteiger partial charge on any atom is -0.338 e. The van der Waals surface area contributed by atoms with Crippen molar-refractivity contribution in [1.82, 2.24) is 4.90 Å². The second-order valence-corrected chi connectivity index (χ2v) is 6.51. The van der Waals surface area contributed by atoms with E-state index in [1.807, 2.05) is 6.07 Å². The first-order chi connectivity index (χ1) is 10.9. The fourth-order valence-electron chi connectivity index (χ4n) is 1.91. The zero-order valence-corrected chi connectivity index (χ0v) is 15.2. The van der Waals surface area contributed by atoms with Crippen LogP contribution >= 0.6 is 46.4 Å². The fourth-order valence-corrected chi connectivity index (χ4v) is 2.60. The number of hydrogen-bond acceptors (Lipinski definition) is 1. The van der Waals surface area contributed by atoms with Crippen molar-refractivity contribution in [3.05, 3.63) is 73.7 Å². The molecule has 0 saturated carbocycles. The van der Waals surface area contributed by atoms with Crippen molar-refractivity contribution >= 4 is 58.4 Å². The molecule has 0 bridgehead atoms. The van der Waals surface area contributed by atoms with Crippen LogP contribution in [0.5, 0.6) is 0 Å². The zero-order valence-electron chi connectivity index (χ0n) is 12.2. The number of nitrogens with zero attached hydrogens (tertiary/aromatic N) is 1. The van der Waals surface area contributed by atoms with Gasteiger partial charge in [-0.15, -0.1) is 0 Å². The van der Waals surface area contributed by atoms with Gasteiger partial charge >= 0.3 is 0 Å². The third-order valence-electron chi connectivity index (χ3n) is 3.18. The first-order valence-corrected chi connectivity index (χ1v) is 8.21. The summed E-state index contributed by atoms with van der Waals surface area (Å²) in [4.78, 5) is 13.7. The van der Waals surface area contributed by atoms with Crippen LogP contribution in [-0.4, -0.2) is 17.9 Å². The predicted octanol–water partition coefficient (Wildman–Crippen LogP) is 5.97.